The van der Waals surface area contributed by atoms with Crippen molar-refractivity contribution in [1.82, 2.24) is 9.38 Å². The summed E-state index contributed by atoms with van der Waals surface area (Å²) in [6, 6.07) is 8.00. The zero-order valence-corrected chi connectivity index (χ0v) is 15.9. The second-order valence-electron chi connectivity index (χ2n) is 6.80. The van der Waals surface area contributed by atoms with Crippen LogP contribution in [0.2, 0.25) is 0 Å². The minimum atomic E-state index is -0.131. The van der Waals surface area contributed by atoms with Gasteiger partial charge in [0.05, 0.1) is 43.8 Å². The van der Waals surface area contributed by atoms with Gasteiger partial charge in [-0.25, -0.2) is 4.98 Å². The molecule has 0 aliphatic heterocycles. The first kappa shape index (κ1) is 17.3. The van der Waals surface area contributed by atoms with Gasteiger partial charge in [0.25, 0.3) is 0 Å². The van der Waals surface area contributed by atoms with Gasteiger partial charge in [-0.3, -0.25) is 4.40 Å². The number of imidazole rings is 1. The van der Waals surface area contributed by atoms with Crippen LogP contribution in [0.25, 0.3) is 16.2 Å². The molecule has 130 valence electrons. The third-order valence-electron chi connectivity index (χ3n) is 4.10. The molecule has 0 amide bonds. The summed E-state index contributed by atoms with van der Waals surface area (Å²) in [6.45, 7) is 6.35. The molecule has 0 aliphatic carbocycles. The van der Waals surface area contributed by atoms with Gasteiger partial charge in [0.1, 0.15) is 11.5 Å². The Morgan fingerprint density at radius 2 is 2.00 bits per heavy atom. The highest BCUT2D eigenvalue weighted by atomic mass is 32.1. The zero-order chi connectivity index (χ0) is 18.2. The smallest absolute Gasteiger partial charge is 0.194 e. The molecule has 0 unspecified atom stereocenters. The second-order valence-corrected chi connectivity index (χ2v) is 7.63. The van der Waals surface area contributed by atoms with E-state index in [4.69, 9.17) is 14.5 Å². The molecule has 3 aromatic rings. The lowest BCUT2D eigenvalue weighted by Gasteiger charge is -2.17. The molecule has 0 N–H and O–H groups in total. The van der Waals surface area contributed by atoms with Gasteiger partial charge in [0.2, 0.25) is 0 Å². The molecule has 5 nitrogen and oxygen atoms in total. The lowest BCUT2D eigenvalue weighted by atomic mass is 9.90. The van der Waals surface area contributed by atoms with E-state index in [2.05, 4.69) is 31.2 Å². The number of methoxy groups -OCH3 is 2. The lowest BCUT2D eigenvalue weighted by molar-refractivity contribution is 0.404. The van der Waals surface area contributed by atoms with Crippen molar-refractivity contribution >= 4 is 16.3 Å². The highest BCUT2D eigenvalue weighted by molar-refractivity contribution is 7.15. The van der Waals surface area contributed by atoms with E-state index in [0.717, 1.165) is 39.1 Å². The van der Waals surface area contributed by atoms with E-state index in [9.17, 15) is 5.26 Å². The number of ether oxygens (including phenoxy) is 2. The van der Waals surface area contributed by atoms with Gasteiger partial charge >= 0.3 is 0 Å². The van der Waals surface area contributed by atoms with Gasteiger partial charge in [-0.15, -0.1) is 11.3 Å². The predicted octanol–water partition coefficient (Wildman–Crippen LogP) is 4.44. The molecule has 25 heavy (non-hydrogen) atoms. The summed E-state index contributed by atoms with van der Waals surface area (Å²) in [5.41, 5.74) is 3.65. The fourth-order valence-electron chi connectivity index (χ4n) is 2.96. The quantitative estimate of drug-likeness (QED) is 0.694. The maximum absolute atomic E-state index is 9.34. The number of nitrogens with zero attached hydrogens (tertiary/aromatic N) is 3. The van der Waals surface area contributed by atoms with Crippen LogP contribution < -0.4 is 9.47 Å². The number of nitriles is 1. The van der Waals surface area contributed by atoms with Crippen molar-refractivity contribution in [3.8, 4) is 28.8 Å². The standard InChI is InChI=1S/C19H21N3O2S/c1-19(2,3)17-14(8-9-20)22-15(11-25-18(22)21-17)13-10-12(23-4)6-7-16(13)24-5/h6-7,10-11H,8H2,1-5H3. The van der Waals surface area contributed by atoms with Crippen LogP contribution in [-0.4, -0.2) is 23.6 Å². The van der Waals surface area contributed by atoms with Gasteiger partial charge < -0.3 is 9.47 Å². The molecule has 3 rings (SSSR count). The maximum atomic E-state index is 9.34. The summed E-state index contributed by atoms with van der Waals surface area (Å²) >= 11 is 1.56. The Balaban J connectivity index is 2.32. The highest BCUT2D eigenvalue weighted by Gasteiger charge is 2.26. The molecule has 0 saturated heterocycles. The summed E-state index contributed by atoms with van der Waals surface area (Å²) < 4.78 is 13.0. The molecule has 0 radical (unpaired) electrons. The van der Waals surface area contributed by atoms with Gasteiger partial charge in [0, 0.05) is 16.4 Å². The number of thiazole rings is 1. The van der Waals surface area contributed by atoms with Crippen LogP contribution in [0.1, 0.15) is 32.2 Å². The maximum Gasteiger partial charge on any atom is 0.194 e. The summed E-state index contributed by atoms with van der Waals surface area (Å²) in [5, 5.41) is 11.4. The van der Waals surface area contributed by atoms with Gasteiger partial charge in [-0.05, 0) is 18.2 Å². The van der Waals surface area contributed by atoms with Crippen molar-refractivity contribution in [2.45, 2.75) is 32.6 Å². The summed E-state index contributed by atoms with van der Waals surface area (Å²) in [4.78, 5) is 5.69. The zero-order valence-electron chi connectivity index (χ0n) is 15.1. The van der Waals surface area contributed by atoms with Gasteiger partial charge in [-0.1, -0.05) is 20.8 Å². The SMILES string of the molecule is COc1ccc(OC)c(-c2csc3nc(C(C)(C)C)c(CC#N)n23)c1. The van der Waals surface area contributed by atoms with E-state index in [0.29, 0.717) is 6.42 Å². The van der Waals surface area contributed by atoms with Crippen molar-refractivity contribution in [3.05, 3.63) is 35.0 Å². The number of aromatic nitrogens is 2. The van der Waals surface area contributed by atoms with Crippen LogP contribution in [0.3, 0.4) is 0 Å². The number of benzene rings is 1. The summed E-state index contributed by atoms with van der Waals surface area (Å²) in [6.07, 6.45) is 0.309. The van der Waals surface area contributed by atoms with Crippen LogP contribution in [0, 0.1) is 11.3 Å². The van der Waals surface area contributed by atoms with Crippen LogP contribution in [0.15, 0.2) is 23.6 Å². The molecule has 6 heteroatoms. The van der Waals surface area contributed by atoms with Crippen molar-refractivity contribution < 1.29 is 9.47 Å². The van der Waals surface area contributed by atoms with Crippen molar-refractivity contribution in [2.75, 3.05) is 14.2 Å². The fourth-order valence-corrected chi connectivity index (χ4v) is 3.86. The van der Waals surface area contributed by atoms with E-state index < -0.39 is 0 Å². The second kappa shape index (κ2) is 6.41. The Kier molecular flexibility index (Phi) is 4.44. The topological polar surface area (TPSA) is 59.5 Å². The first-order valence-electron chi connectivity index (χ1n) is 7.99. The van der Waals surface area contributed by atoms with Crippen molar-refractivity contribution in [2.24, 2.45) is 0 Å². The third-order valence-corrected chi connectivity index (χ3v) is 4.92. The van der Waals surface area contributed by atoms with E-state index in [1.165, 1.54) is 0 Å². The first-order valence-corrected chi connectivity index (χ1v) is 8.87. The van der Waals surface area contributed by atoms with E-state index in [1.54, 1.807) is 25.6 Å². The van der Waals surface area contributed by atoms with Crippen LogP contribution in [0.4, 0.5) is 0 Å². The molecule has 0 aliphatic rings. The number of rotatable bonds is 4. The van der Waals surface area contributed by atoms with E-state index in [1.807, 2.05) is 23.6 Å². The minimum absolute atomic E-state index is 0.131. The van der Waals surface area contributed by atoms with Crippen LogP contribution in [0.5, 0.6) is 11.5 Å². The summed E-state index contributed by atoms with van der Waals surface area (Å²) in [7, 11) is 3.30. The third kappa shape index (κ3) is 2.96. The molecule has 2 aromatic heterocycles. The van der Waals surface area contributed by atoms with Crippen LogP contribution in [-0.2, 0) is 11.8 Å². The number of hydrogen-bond acceptors (Lipinski definition) is 5. The average Bonchev–Trinajstić information content (AvgIpc) is 3.14. The number of fused-ring (bicyclic) bond motifs is 1. The molecule has 0 fully saturated rings. The molecular weight excluding hydrogens is 334 g/mol. The predicted molar refractivity (Wildman–Crippen MR) is 99.6 cm³/mol. The highest BCUT2D eigenvalue weighted by Crippen LogP contribution is 2.38. The average molecular weight is 355 g/mol. The summed E-state index contributed by atoms with van der Waals surface area (Å²) in [5.74, 6) is 1.52. The van der Waals surface area contributed by atoms with Crippen molar-refractivity contribution in [3.63, 3.8) is 0 Å². The minimum Gasteiger partial charge on any atom is -0.497 e. The first-order chi connectivity index (χ1) is 11.9. The Bertz CT molecular complexity index is 958. The largest absolute Gasteiger partial charge is 0.497 e. The monoisotopic (exact) mass is 355 g/mol. The molecule has 2 heterocycles. The molecule has 0 bridgehead atoms. The normalized spacial score (nSPS) is 11.5. The number of hydrogen-bond donors (Lipinski definition) is 0. The fraction of sp³-hybridized carbons (Fsp3) is 0.368. The molecule has 0 saturated carbocycles. The van der Waals surface area contributed by atoms with Crippen LogP contribution >= 0.6 is 11.3 Å². The Morgan fingerprint density at radius 3 is 2.60 bits per heavy atom. The Hall–Kier alpha value is -2.52. The molecule has 0 spiro atoms. The van der Waals surface area contributed by atoms with E-state index >= 15 is 0 Å². The molecule has 0 atom stereocenters. The molecule has 1 aromatic carbocycles. The van der Waals surface area contributed by atoms with E-state index in [-0.39, 0.29) is 5.41 Å². The van der Waals surface area contributed by atoms with Crippen molar-refractivity contribution in [1.29, 1.82) is 5.26 Å². The molecular formula is C19H21N3O2S. The van der Waals surface area contributed by atoms with Gasteiger partial charge in [0.15, 0.2) is 4.96 Å². The Morgan fingerprint density at radius 1 is 1.24 bits per heavy atom. The van der Waals surface area contributed by atoms with Gasteiger partial charge in [-0.2, -0.15) is 5.26 Å². The Labute approximate surface area is 151 Å². The lowest BCUT2D eigenvalue weighted by Crippen LogP contribution is -2.15.